The number of anilines is 1. The van der Waals surface area contributed by atoms with Gasteiger partial charge in [-0.25, -0.2) is 18.7 Å². The second kappa shape index (κ2) is 12.6. The van der Waals surface area contributed by atoms with Crippen LogP contribution in [0.2, 0.25) is 0 Å². The number of nitrogens with one attached hydrogen (secondary N) is 2. The van der Waals surface area contributed by atoms with Crippen LogP contribution in [-0.4, -0.2) is 42.2 Å². The number of ether oxygens (including phenoxy) is 1. The van der Waals surface area contributed by atoms with Crippen LogP contribution < -0.4 is 15.4 Å². The highest BCUT2D eigenvalue weighted by Gasteiger charge is 2.16. The molecule has 9 heteroatoms. The van der Waals surface area contributed by atoms with Crippen LogP contribution in [0, 0.1) is 19.8 Å². The van der Waals surface area contributed by atoms with Crippen LogP contribution in [0.5, 0.6) is 5.75 Å². The Morgan fingerprint density at radius 2 is 1.87 bits per heavy atom. The number of aryl methyl sites for hydroxylation is 2. The van der Waals surface area contributed by atoms with E-state index in [1.165, 1.54) is 12.3 Å². The van der Waals surface area contributed by atoms with Gasteiger partial charge in [0, 0.05) is 15.1 Å². The third kappa shape index (κ3) is 8.65. The Hall–Kier alpha value is -3.10. The van der Waals surface area contributed by atoms with Gasteiger partial charge >= 0.3 is 0 Å². The molecule has 0 radical (unpaired) electrons. The van der Waals surface area contributed by atoms with E-state index in [0.29, 0.717) is 11.5 Å². The van der Waals surface area contributed by atoms with Gasteiger partial charge in [-0.3, -0.25) is 4.79 Å². The molecule has 0 aromatic carbocycles. The van der Waals surface area contributed by atoms with E-state index in [9.17, 15) is 13.6 Å². The Morgan fingerprint density at radius 3 is 2.45 bits per heavy atom. The Balaban J connectivity index is 0. The smallest absolute Gasteiger partial charge is 0.272 e. The number of hydrogen-bond donors (Lipinski definition) is 2. The summed E-state index contributed by atoms with van der Waals surface area (Å²) in [6.07, 6.45) is -1.27. The highest BCUT2D eigenvalue weighted by atomic mass is 19.3. The fourth-order valence-electron chi connectivity index (χ4n) is 2.67. The second-order valence-electron chi connectivity index (χ2n) is 7.43. The number of amides is 1. The first kappa shape index (κ1) is 25.9. The summed E-state index contributed by atoms with van der Waals surface area (Å²) in [4.78, 5) is 29.1. The quantitative estimate of drug-likeness (QED) is 0.592. The number of carbonyl (C=O) groups excluding carboxylic acids is 2. The monoisotopic (exact) mass is 440 g/mol. The summed E-state index contributed by atoms with van der Waals surface area (Å²) in [5.41, 5.74) is 2.54. The van der Waals surface area contributed by atoms with Crippen LogP contribution in [0.25, 0.3) is 0 Å². The van der Waals surface area contributed by atoms with E-state index in [4.69, 9.17) is 9.53 Å². The maximum atomic E-state index is 12.6. The van der Waals surface area contributed by atoms with Gasteiger partial charge in [-0.2, -0.15) is 0 Å². The van der Waals surface area contributed by atoms with Gasteiger partial charge in [-0.1, -0.05) is 13.8 Å². The number of rotatable bonds is 9. The minimum Gasteiger partial charge on any atom is -0.486 e. The van der Waals surface area contributed by atoms with E-state index in [2.05, 4.69) is 34.4 Å². The lowest BCUT2D eigenvalue weighted by molar-refractivity contribution is -0.0980. The number of carbonyl (C=O) groups is 2. The van der Waals surface area contributed by atoms with E-state index >= 15 is 0 Å². The van der Waals surface area contributed by atoms with Crippen molar-refractivity contribution < 1.29 is 26.0 Å². The average Bonchev–Trinajstić information content (AvgIpc) is 2.72. The number of nitrogens with zero attached hydrogens (tertiary/aromatic N) is 2. The molecule has 0 aliphatic rings. The van der Waals surface area contributed by atoms with Crippen LogP contribution in [0.1, 0.15) is 57.0 Å². The first-order valence-electron chi connectivity index (χ1n) is 9.85. The first-order valence-corrected chi connectivity index (χ1v) is 9.85. The van der Waals surface area contributed by atoms with Crippen molar-refractivity contribution in [3.63, 3.8) is 0 Å². The molecule has 2 heterocycles. The summed E-state index contributed by atoms with van der Waals surface area (Å²) >= 11 is 0. The number of pyridine rings is 2. The van der Waals surface area contributed by atoms with Crippen molar-refractivity contribution in [1.29, 1.82) is 0 Å². The highest BCUT2D eigenvalue weighted by molar-refractivity contribution is 5.92. The molecule has 31 heavy (non-hydrogen) atoms. The topological polar surface area (TPSA) is 93.2 Å². The molecule has 0 aliphatic heterocycles. The first-order chi connectivity index (χ1) is 14.7. The largest absolute Gasteiger partial charge is 0.486 e. The zero-order chi connectivity index (χ0) is 23.6. The van der Waals surface area contributed by atoms with Gasteiger partial charge in [0.05, 0.1) is 12.2 Å². The zero-order valence-electron chi connectivity index (χ0n) is 18.5. The molecule has 174 valence electrons. The molecule has 7 nitrogen and oxygen atoms in total. The molecular weight excluding hydrogens is 406 g/mol. The lowest BCUT2D eigenvalue weighted by atomic mass is 10.1. The molecule has 2 rings (SSSR count). The fourth-order valence-corrected chi connectivity index (χ4v) is 2.67. The number of alkyl halides is 2. The molecule has 0 saturated carbocycles. The van der Waals surface area contributed by atoms with E-state index in [1.807, 2.05) is 32.8 Å². The predicted octanol–water partition coefficient (Wildman–Crippen LogP) is 4.60. The molecule has 2 N–H and O–H groups in total. The Labute approximate surface area is 184 Å². The lowest BCUT2D eigenvalue weighted by Gasteiger charge is -2.17. The Kier molecular flexibility index (Phi) is 10.5. The molecular formula is C22H34F2N4O3. The molecule has 1 unspecified atom stereocenters. The standard InChI is InChI=1S/C21H28F2N4O2.CH2O.2H2/c1-12(2)9-25-20-8-16(7-14(4)26-20)15(5)27-21(28)17-6-13(3)18(10-24-17)29-11-19(22)23;1-2;;/h6-8,10,12,15,19H,9,11H2,1-5H3,(H,25,26)(H,27,28);1H2;2*1H. The number of hydrogen-bond acceptors (Lipinski definition) is 6. The molecule has 0 saturated heterocycles. The van der Waals surface area contributed by atoms with Crippen molar-refractivity contribution in [1.82, 2.24) is 15.3 Å². The molecule has 0 aliphatic carbocycles. The van der Waals surface area contributed by atoms with Crippen molar-refractivity contribution in [2.75, 3.05) is 18.5 Å². The minimum absolute atomic E-state index is 0. The zero-order valence-corrected chi connectivity index (χ0v) is 18.5. The minimum atomic E-state index is -2.57. The second-order valence-corrected chi connectivity index (χ2v) is 7.43. The van der Waals surface area contributed by atoms with E-state index in [1.54, 1.807) is 6.92 Å². The Bertz CT molecular complexity index is 874. The summed E-state index contributed by atoms with van der Waals surface area (Å²) in [6, 6.07) is 5.10. The maximum absolute atomic E-state index is 12.6. The van der Waals surface area contributed by atoms with Gasteiger partial charge in [0.25, 0.3) is 12.3 Å². The Morgan fingerprint density at radius 1 is 1.19 bits per heavy atom. The predicted molar refractivity (Wildman–Crippen MR) is 120 cm³/mol. The third-order valence-electron chi connectivity index (χ3n) is 4.18. The summed E-state index contributed by atoms with van der Waals surface area (Å²) in [7, 11) is 0. The average molecular weight is 441 g/mol. The van der Waals surface area contributed by atoms with Crippen LogP contribution >= 0.6 is 0 Å². The molecule has 0 fully saturated rings. The molecule has 0 bridgehead atoms. The molecule has 1 amide bonds. The summed E-state index contributed by atoms with van der Waals surface area (Å²) in [6.45, 7) is 11.8. The number of aromatic nitrogens is 2. The van der Waals surface area contributed by atoms with Crippen molar-refractivity contribution in [2.45, 2.75) is 47.1 Å². The molecule has 2 aromatic rings. The van der Waals surface area contributed by atoms with Gasteiger partial charge in [-0.05, 0) is 56.0 Å². The number of halogens is 2. The fraction of sp³-hybridized carbons (Fsp3) is 0.455. The molecule has 2 aromatic heterocycles. The highest BCUT2D eigenvalue weighted by Crippen LogP contribution is 2.20. The maximum Gasteiger partial charge on any atom is 0.272 e. The lowest BCUT2D eigenvalue weighted by Crippen LogP contribution is -2.27. The van der Waals surface area contributed by atoms with Crippen LogP contribution in [0.4, 0.5) is 14.6 Å². The van der Waals surface area contributed by atoms with E-state index in [0.717, 1.165) is 23.6 Å². The van der Waals surface area contributed by atoms with Gasteiger partial charge in [0.15, 0.2) is 0 Å². The van der Waals surface area contributed by atoms with E-state index < -0.39 is 13.0 Å². The van der Waals surface area contributed by atoms with Crippen LogP contribution in [0.15, 0.2) is 24.4 Å². The van der Waals surface area contributed by atoms with Gasteiger partial charge in [-0.15, -0.1) is 0 Å². The van der Waals surface area contributed by atoms with Gasteiger partial charge < -0.3 is 20.2 Å². The van der Waals surface area contributed by atoms with Gasteiger partial charge in [0.2, 0.25) is 0 Å². The van der Waals surface area contributed by atoms with Crippen LogP contribution in [0.3, 0.4) is 0 Å². The van der Waals surface area contributed by atoms with Crippen molar-refractivity contribution in [3.8, 4) is 5.75 Å². The summed E-state index contributed by atoms with van der Waals surface area (Å²) in [5, 5.41) is 6.21. The molecule has 0 spiro atoms. The van der Waals surface area contributed by atoms with E-state index in [-0.39, 0.29) is 26.2 Å². The molecule has 1 atom stereocenters. The van der Waals surface area contributed by atoms with Gasteiger partial charge in [0.1, 0.15) is 30.7 Å². The van der Waals surface area contributed by atoms with Crippen molar-refractivity contribution >= 4 is 18.5 Å². The van der Waals surface area contributed by atoms with Crippen LogP contribution in [-0.2, 0) is 4.79 Å². The normalized spacial score (nSPS) is 11.5. The van der Waals surface area contributed by atoms with Crippen molar-refractivity contribution in [2.24, 2.45) is 5.92 Å². The van der Waals surface area contributed by atoms with Crippen molar-refractivity contribution in [3.05, 3.63) is 46.9 Å². The third-order valence-corrected chi connectivity index (χ3v) is 4.18. The summed E-state index contributed by atoms with van der Waals surface area (Å²) < 4.78 is 29.6. The summed E-state index contributed by atoms with van der Waals surface area (Å²) in [5.74, 6) is 1.14. The SMILES string of the molecule is C=O.Cc1cc(C(C)NC(=O)c2cc(C)c(OCC(F)F)cn2)cc(NCC(C)C)n1.[HH].[HH].